The zero-order valence-corrected chi connectivity index (χ0v) is 17.2. The van der Waals surface area contributed by atoms with E-state index in [9.17, 15) is 9.18 Å². The molecule has 0 radical (unpaired) electrons. The number of imidazole rings is 1. The third-order valence-corrected chi connectivity index (χ3v) is 5.90. The molecule has 0 saturated heterocycles. The van der Waals surface area contributed by atoms with Crippen molar-refractivity contribution in [3.63, 3.8) is 0 Å². The van der Waals surface area contributed by atoms with Gasteiger partial charge < -0.3 is 9.47 Å². The van der Waals surface area contributed by atoms with Crippen LogP contribution in [0, 0.1) is 12.7 Å². The van der Waals surface area contributed by atoms with E-state index in [1.807, 2.05) is 30.0 Å². The van der Waals surface area contributed by atoms with Gasteiger partial charge in [-0.25, -0.2) is 9.37 Å². The summed E-state index contributed by atoms with van der Waals surface area (Å²) in [6, 6.07) is 13.1. The molecule has 1 aliphatic carbocycles. The zero-order chi connectivity index (χ0) is 20.4. The Morgan fingerprint density at radius 2 is 1.97 bits per heavy atom. The minimum Gasteiger partial charge on any atom is -0.331 e. The second-order valence-electron chi connectivity index (χ2n) is 8.01. The molecule has 1 saturated carbocycles. The first kappa shape index (κ1) is 19.6. The third-order valence-electron chi connectivity index (χ3n) is 5.90. The molecule has 0 spiro atoms. The van der Waals surface area contributed by atoms with Crippen LogP contribution in [0.25, 0.3) is 11.0 Å². The van der Waals surface area contributed by atoms with Crippen molar-refractivity contribution in [2.24, 2.45) is 0 Å². The minimum absolute atomic E-state index is 0.131. The molecule has 0 unspecified atom stereocenters. The van der Waals surface area contributed by atoms with E-state index in [0.717, 1.165) is 41.7 Å². The Labute approximate surface area is 171 Å². The van der Waals surface area contributed by atoms with Crippen molar-refractivity contribution in [3.8, 4) is 0 Å². The minimum atomic E-state index is -0.381. The maximum Gasteiger partial charge on any atom is 0.254 e. The molecule has 2 aromatic carbocycles. The molecule has 5 heteroatoms. The van der Waals surface area contributed by atoms with Gasteiger partial charge in [0.2, 0.25) is 0 Å². The second kappa shape index (κ2) is 8.36. The summed E-state index contributed by atoms with van der Waals surface area (Å²) in [6.07, 6.45) is 5.60. The Hall–Kier alpha value is -2.69. The number of para-hydroxylation sites is 2. The SMILES string of the molecule is CCCN(Cc1nc2ccccc2n1C1CCCC1)C(=O)c1cc(F)ccc1C. The van der Waals surface area contributed by atoms with Crippen molar-refractivity contribution in [2.75, 3.05) is 6.54 Å². The number of halogens is 1. The van der Waals surface area contributed by atoms with E-state index < -0.39 is 0 Å². The number of carbonyl (C=O) groups is 1. The molecule has 1 amide bonds. The van der Waals surface area contributed by atoms with Gasteiger partial charge in [0.05, 0.1) is 17.6 Å². The summed E-state index contributed by atoms with van der Waals surface area (Å²) < 4.78 is 16.1. The summed E-state index contributed by atoms with van der Waals surface area (Å²) in [5, 5.41) is 0. The molecular weight excluding hydrogens is 365 g/mol. The van der Waals surface area contributed by atoms with Crippen LogP contribution in [0.2, 0.25) is 0 Å². The van der Waals surface area contributed by atoms with Crippen molar-refractivity contribution < 1.29 is 9.18 Å². The highest BCUT2D eigenvalue weighted by Crippen LogP contribution is 2.34. The molecular formula is C24H28FN3O. The Bertz CT molecular complexity index is 1020. The fourth-order valence-corrected chi connectivity index (χ4v) is 4.46. The summed E-state index contributed by atoms with van der Waals surface area (Å²) in [5.74, 6) is 0.413. The normalized spacial score (nSPS) is 14.6. The van der Waals surface area contributed by atoms with Crippen LogP contribution in [0.1, 0.15) is 66.8 Å². The molecule has 0 aliphatic heterocycles. The van der Waals surface area contributed by atoms with Crippen molar-refractivity contribution in [1.29, 1.82) is 0 Å². The molecule has 0 N–H and O–H groups in total. The van der Waals surface area contributed by atoms with E-state index in [4.69, 9.17) is 4.98 Å². The van der Waals surface area contributed by atoms with Crippen LogP contribution in [0.4, 0.5) is 4.39 Å². The summed E-state index contributed by atoms with van der Waals surface area (Å²) >= 11 is 0. The first-order chi connectivity index (χ1) is 14.1. The molecule has 1 heterocycles. The van der Waals surface area contributed by atoms with Crippen LogP contribution < -0.4 is 0 Å². The molecule has 3 aromatic rings. The Kier molecular flexibility index (Phi) is 5.65. The number of fused-ring (bicyclic) bond motifs is 1. The highest BCUT2D eigenvalue weighted by atomic mass is 19.1. The largest absolute Gasteiger partial charge is 0.331 e. The van der Waals surface area contributed by atoms with E-state index in [0.29, 0.717) is 24.7 Å². The van der Waals surface area contributed by atoms with Gasteiger partial charge in [-0.05, 0) is 56.0 Å². The number of hydrogen-bond donors (Lipinski definition) is 0. The fraction of sp³-hybridized carbons (Fsp3) is 0.417. The molecule has 4 rings (SSSR count). The Morgan fingerprint density at radius 1 is 1.21 bits per heavy atom. The molecule has 1 aliphatic rings. The number of hydrogen-bond acceptors (Lipinski definition) is 2. The van der Waals surface area contributed by atoms with Gasteiger partial charge in [-0.1, -0.05) is 38.0 Å². The van der Waals surface area contributed by atoms with Crippen LogP contribution >= 0.6 is 0 Å². The Morgan fingerprint density at radius 3 is 2.72 bits per heavy atom. The standard InChI is InChI=1S/C24H28FN3O/c1-3-14-27(24(29)20-15-18(25)13-12-17(20)2)16-23-26-21-10-6-7-11-22(21)28(23)19-8-4-5-9-19/h6-7,10-13,15,19H,3-5,8-9,14,16H2,1-2H3. The third kappa shape index (κ3) is 3.91. The number of carbonyl (C=O) groups excluding carboxylic acids is 1. The first-order valence-electron chi connectivity index (χ1n) is 10.6. The monoisotopic (exact) mass is 393 g/mol. The van der Waals surface area contributed by atoms with Crippen molar-refractivity contribution >= 4 is 16.9 Å². The predicted octanol–water partition coefficient (Wildman–Crippen LogP) is 5.65. The predicted molar refractivity (Wildman–Crippen MR) is 113 cm³/mol. The number of amides is 1. The van der Waals surface area contributed by atoms with Crippen molar-refractivity contribution in [2.45, 2.75) is 58.5 Å². The first-order valence-corrected chi connectivity index (χ1v) is 10.6. The van der Waals surface area contributed by atoms with Crippen LogP contribution in [-0.4, -0.2) is 26.9 Å². The average Bonchev–Trinajstić information content (AvgIpc) is 3.36. The van der Waals surface area contributed by atoms with E-state index in [1.165, 1.54) is 25.0 Å². The average molecular weight is 394 g/mol. The molecule has 1 aromatic heterocycles. The quantitative estimate of drug-likeness (QED) is 0.543. The smallest absolute Gasteiger partial charge is 0.254 e. The van der Waals surface area contributed by atoms with E-state index in [2.05, 4.69) is 17.6 Å². The van der Waals surface area contributed by atoms with Gasteiger partial charge in [-0.3, -0.25) is 4.79 Å². The molecule has 29 heavy (non-hydrogen) atoms. The van der Waals surface area contributed by atoms with Gasteiger partial charge in [0, 0.05) is 18.2 Å². The molecule has 152 valence electrons. The van der Waals surface area contributed by atoms with Crippen molar-refractivity contribution in [3.05, 3.63) is 65.2 Å². The highest BCUT2D eigenvalue weighted by Gasteiger charge is 2.25. The second-order valence-corrected chi connectivity index (χ2v) is 8.01. The van der Waals surface area contributed by atoms with Crippen LogP contribution in [0.5, 0.6) is 0 Å². The fourth-order valence-electron chi connectivity index (χ4n) is 4.46. The van der Waals surface area contributed by atoms with Gasteiger partial charge in [-0.2, -0.15) is 0 Å². The van der Waals surface area contributed by atoms with E-state index in [-0.39, 0.29) is 11.7 Å². The summed E-state index contributed by atoms with van der Waals surface area (Å²) in [5.41, 5.74) is 3.34. The van der Waals surface area contributed by atoms with Crippen molar-refractivity contribution in [1.82, 2.24) is 14.5 Å². The lowest BCUT2D eigenvalue weighted by Crippen LogP contribution is -2.33. The lowest BCUT2D eigenvalue weighted by atomic mass is 10.1. The van der Waals surface area contributed by atoms with E-state index in [1.54, 1.807) is 6.07 Å². The lowest BCUT2D eigenvalue weighted by molar-refractivity contribution is 0.0735. The summed E-state index contributed by atoms with van der Waals surface area (Å²) in [4.78, 5) is 20.0. The molecule has 0 bridgehead atoms. The molecule has 4 nitrogen and oxygen atoms in total. The zero-order valence-electron chi connectivity index (χ0n) is 17.2. The number of rotatable bonds is 6. The number of benzene rings is 2. The van der Waals surface area contributed by atoms with E-state index >= 15 is 0 Å². The number of aromatic nitrogens is 2. The van der Waals surface area contributed by atoms with Crippen LogP contribution in [0.15, 0.2) is 42.5 Å². The topological polar surface area (TPSA) is 38.1 Å². The van der Waals surface area contributed by atoms with Crippen LogP contribution in [0.3, 0.4) is 0 Å². The number of nitrogens with zero attached hydrogens (tertiary/aromatic N) is 3. The van der Waals surface area contributed by atoms with Gasteiger partial charge in [0.15, 0.2) is 0 Å². The summed E-state index contributed by atoms with van der Waals surface area (Å²) in [7, 11) is 0. The van der Waals surface area contributed by atoms with Gasteiger partial charge in [0.25, 0.3) is 5.91 Å². The van der Waals surface area contributed by atoms with Crippen LogP contribution in [-0.2, 0) is 6.54 Å². The number of aryl methyl sites for hydroxylation is 1. The van der Waals surface area contributed by atoms with Gasteiger partial charge >= 0.3 is 0 Å². The summed E-state index contributed by atoms with van der Waals surface area (Å²) in [6.45, 7) is 4.96. The highest BCUT2D eigenvalue weighted by molar-refractivity contribution is 5.95. The molecule has 1 fully saturated rings. The maximum absolute atomic E-state index is 13.8. The molecule has 0 atom stereocenters. The van der Waals surface area contributed by atoms with Gasteiger partial charge in [-0.15, -0.1) is 0 Å². The lowest BCUT2D eigenvalue weighted by Gasteiger charge is -2.25. The van der Waals surface area contributed by atoms with Gasteiger partial charge in [0.1, 0.15) is 11.6 Å². The maximum atomic E-state index is 13.8. The Balaban J connectivity index is 1.71.